The maximum absolute atomic E-state index is 12.6. The van der Waals surface area contributed by atoms with Crippen LogP contribution in [0.4, 0.5) is 5.95 Å². The fraction of sp³-hybridized carbons (Fsp3) is 0.517. The fourth-order valence-electron chi connectivity index (χ4n) is 4.87. The van der Waals surface area contributed by atoms with Crippen LogP contribution in [0.25, 0.3) is 0 Å². The summed E-state index contributed by atoms with van der Waals surface area (Å²) in [5.41, 5.74) is 8.33. The Morgan fingerprint density at radius 1 is 0.838 bits per heavy atom. The van der Waals surface area contributed by atoms with Gasteiger partial charge in [-0.05, 0) is 31.1 Å². The number of aromatic nitrogens is 2. The van der Waals surface area contributed by atoms with Gasteiger partial charge in [0.05, 0.1) is 5.71 Å². The molecule has 1 atom stereocenters. The van der Waals surface area contributed by atoms with Crippen molar-refractivity contribution >= 4 is 17.6 Å². The topological polar surface area (TPSA) is 91.0 Å². The molecule has 1 aromatic heterocycles. The predicted molar refractivity (Wildman–Crippen MR) is 149 cm³/mol. The molecule has 198 valence electrons. The lowest BCUT2D eigenvalue weighted by molar-refractivity contribution is -0.131. The van der Waals surface area contributed by atoms with Crippen LogP contribution in [0.5, 0.6) is 0 Å². The molecule has 8 heteroatoms. The second kappa shape index (κ2) is 14.5. The Kier molecular flexibility index (Phi) is 10.5. The molecule has 0 aliphatic carbocycles. The third kappa shape index (κ3) is 8.39. The summed E-state index contributed by atoms with van der Waals surface area (Å²) in [4.78, 5) is 25.3. The van der Waals surface area contributed by atoms with E-state index in [1.807, 2.05) is 46.3 Å². The van der Waals surface area contributed by atoms with Gasteiger partial charge < -0.3 is 15.5 Å². The summed E-state index contributed by atoms with van der Waals surface area (Å²) < 4.78 is 0. The molecule has 1 saturated heterocycles. The molecule has 2 aliphatic heterocycles. The van der Waals surface area contributed by atoms with Gasteiger partial charge in [-0.25, -0.2) is 9.97 Å². The van der Waals surface area contributed by atoms with Crippen molar-refractivity contribution in [3.8, 4) is 0 Å². The minimum absolute atomic E-state index is 0.142. The van der Waals surface area contributed by atoms with Crippen LogP contribution in [-0.4, -0.2) is 70.4 Å². The Labute approximate surface area is 221 Å². The molecule has 1 amide bonds. The minimum Gasteiger partial charge on any atom is -0.339 e. The first-order valence-corrected chi connectivity index (χ1v) is 13.8. The maximum Gasteiger partial charge on any atom is 0.225 e. The number of anilines is 1. The van der Waals surface area contributed by atoms with E-state index < -0.39 is 0 Å². The van der Waals surface area contributed by atoms with Gasteiger partial charge in [-0.1, -0.05) is 68.9 Å². The summed E-state index contributed by atoms with van der Waals surface area (Å²) in [7, 11) is 0. The third-order valence-electron chi connectivity index (χ3n) is 7.10. The van der Waals surface area contributed by atoms with Crippen molar-refractivity contribution in [3.63, 3.8) is 0 Å². The number of benzene rings is 1. The van der Waals surface area contributed by atoms with Gasteiger partial charge in [0.25, 0.3) is 0 Å². The third-order valence-corrected chi connectivity index (χ3v) is 7.10. The first-order chi connectivity index (χ1) is 18.2. The summed E-state index contributed by atoms with van der Waals surface area (Å²) in [6.45, 7) is 4.01. The second-order valence-corrected chi connectivity index (χ2v) is 9.86. The lowest BCUT2D eigenvalue weighted by Crippen LogP contribution is -2.49. The van der Waals surface area contributed by atoms with Crippen molar-refractivity contribution in [2.45, 2.75) is 64.0 Å². The van der Waals surface area contributed by atoms with Crippen molar-refractivity contribution < 1.29 is 4.79 Å². The summed E-state index contributed by atoms with van der Waals surface area (Å²) in [5, 5.41) is 6.77. The van der Waals surface area contributed by atoms with E-state index >= 15 is 0 Å². The Morgan fingerprint density at radius 3 is 2.19 bits per heavy atom. The molecule has 37 heavy (non-hydrogen) atoms. The van der Waals surface area contributed by atoms with E-state index in [1.165, 1.54) is 32.1 Å². The largest absolute Gasteiger partial charge is 0.339 e. The summed E-state index contributed by atoms with van der Waals surface area (Å²) in [5.74, 6) is 1.05. The van der Waals surface area contributed by atoms with Crippen molar-refractivity contribution in [3.05, 3.63) is 66.5 Å². The van der Waals surface area contributed by atoms with Gasteiger partial charge in [-0.15, -0.1) is 0 Å². The maximum atomic E-state index is 12.6. The number of unbranched alkanes of at least 4 members (excludes halogenated alkanes) is 7. The first-order valence-electron chi connectivity index (χ1n) is 13.8. The zero-order valence-corrected chi connectivity index (χ0v) is 21.9. The Morgan fingerprint density at radius 2 is 1.49 bits per heavy atom. The summed E-state index contributed by atoms with van der Waals surface area (Å²) in [6.07, 6.45) is 17.5. The van der Waals surface area contributed by atoms with Crippen molar-refractivity contribution in [2.75, 3.05) is 37.6 Å². The molecule has 0 spiro atoms. The van der Waals surface area contributed by atoms with Crippen LogP contribution < -0.4 is 10.6 Å². The monoisotopic (exact) mass is 503 g/mol. The quantitative estimate of drug-likeness (QED) is 0.412. The molecule has 4 rings (SSSR count). The van der Waals surface area contributed by atoms with Crippen molar-refractivity contribution in [1.29, 1.82) is 0 Å². The number of rotatable bonds is 13. The van der Waals surface area contributed by atoms with Gasteiger partial charge in [0, 0.05) is 57.1 Å². The molecule has 2 aromatic rings. The molecule has 8 nitrogen and oxygen atoms in total. The minimum atomic E-state index is -0.142. The summed E-state index contributed by atoms with van der Waals surface area (Å²) >= 11 is 0. The van der Waals surface area contributed by atoms with Crippen LogP contribution in [0.3, 0.4) is 0 Å². The molecule has 1 unspecified atom stereocenters. The Bertz CT molecular complexity index is 1000. The highest BCUT2D eigenvalue weighted by atomic mass is 16.2. The van der Waals surface area contributed by atoms with E-state index in [4.69, 9.17) is 10.8 Å². The summed E-state index contributed by atoms with van der Waals surface area (Å²) in [6, 6.07) is 12.1. The standard InChI is InChI=1S/C29H41N7O/c30-27-17-16-26(25-13-8-7-9-14-25)33-36(27)20-11-6-4-2-1-3-5-10-15-28(37)34-21-23-35(24-22-34)29-31-18-12-19-32-29/h7-9,12-14,16-19,27H,1-6,10-11,15,20-24,30H2. The zero-order valence-electron chi connectivity index (χ0n) is 21.9. The van der Waals surface area contributed by atoms with Crippen molar-refractivity contribution in [2.24, 2.45) is 10.8 Å². The molecule has 0 bridgehead atoms. The highest BCUT2D eigenvalue weighted by molar-refractivity contribution is 6.08. The molecule has 0 radical (unpaired) electrons. The van der Waals surface area contributed by atoms with Gasteiger partial charge in [0.15, 0.2) is 0 Å². The Hall–Kier alpha value is -3.26. The van der Waals surface area contributed by atoms with Gasteiger partial charge in [-0.2, -0.15) is 5.10 Å². The number of nitrogens with two attached hydrogens (primary N) is 1. The molecule has 1 fully saturated rings. The first kappa shape index (κ1) is 26.8. The molecule has 1 aromatic carbocycles. The number of carbonyl (C=O) groups is 1. The number of piperazine rings is 1. The van der Waals surface area contributed by atoms with Crippen LogP contribution in [0, 0.1) is 0 Å². The SMILES string of the molecule is NC1C=CC(c2ccccc2)=NN1CCCCCCCCCCC(=O)N1CCN(c2ncccn2)CC1. The second-order valence-electron chi connectivity index (χ2n) is 9.86. The number of amides is 1. The van der Waals surface area contributed by atoms with E-state index in [2.05, 4.69) is 27.0 Å². The lowest BCUT2D eigenvalue weighted by Gasteiger charge is -2.34. The van der Waals surface area contributed by atoms with E-state index in [1.54, 1.807) is 12.4 Å². The van der Waals surface area contributed by atoms with Gasteiger partial charge >= 0.3 is 0 Å². The van der Waals surface area contributed by atoms with E-state index in [0.717, 1.165) is 69.2 Å². The van der Waals surface area contributed by atoms with Crippen LogP contribution in [0.15, 0.2) is 66.0 Å². The number of carbonyl (C=O) groups excluding carboxylic acids is 1. The predicted octanol–water partition coefficient (Wildman–Crippen LogP) is 4.20. The van der Waals surface area contributed by atoms with Gasteiger partial charge in [0.2, 0.25) is 11.9 Å². The number of nitrogens with zero attached hydrogens (tertiary/aromatic N) is 6. The number of hydrogen-bond donors (Lipinski definition) is 1. The van der Waals surface area contributed by atoms with E-state index in [-0.39, 0.29) is 12.1 Å². The molecule has 2 aliphatic rings. The average Bonchev–Trinajstić information content (AvgIpc) is 2.96. The smallest absolute Gasteiger partial charge is 0.225 e. The number of allylic oxidation sites excluding steroid dienone is 1. The average molecular weight is 504 g/mol. The van der Waals surface area contributed by atoms with Crippen molar-refractivity contribution in [1.82, 2.24) is 19.9 Å². The number of hydrazone groups is 1. The van der Waals surface area contributed by atoms with E-state index in [0.29, 0.717) is 6.42 Å². The highest BCUT2D eigenvalue weighted by Gasteiger charge is 2.22. The molecule has 0 saturated carbocycles. The van der Waals surface area contributed by atoms with Crippen LogP contribution in [0.2, 0.25) is 0 Å². The Balaban J connectivity index is 1.00. The van der Waals surface area contributed by atoms with Gasteiger partial charge in [-0.3, -0.25) is 9.80 Å². The lowest BCUT2D eigenvalue weighted by atomic mass is 10.1. The normalized spacial score (nSPS) is 17.7. The zero-order chi connectivity index (χ0) is 25.7. The van der Waals surface area contributed by atoms with Crippen LogP contribution in [0.1, 0.15) is 63.4 Å². The fourth-order valence-corrected chi connectivity index (χ4v) is 4.87. The van der Waals surface area contributed by atoms with Crippen LogP contribution in [-0.2, 0) is 4.79 Å². The van der Waals surface area contributed by atoms with E-state index in [9.17, 15) is 4.79 Å². The molecular formula is C29H41N7O. The van der Waals surface area contributed by atoms with Gasteiger partial charge in [0.1, 0.15) is 6.17 Å². The highest BCUT2D eigenvalue weighted by Crippen LogP contribution is 2.15. The molecule has 3 heterocycles. The van der Waals surface area contributed by atoms with Crippen LogP contribution >= 0.6 is 0 Å². The molecular weight excluding hydrogens is 462 g/mol. The number of hydrogen-bond acceptors (Lipinski definition) is 7. The molecule has 2 N–H and O–H groups in total.